The Bertz CT molecular complexity index is 1820. The van der Waals surface area contributed by atoms with Crippen molar-refractivity contribution in [1.82, 2.24) is 20.1 Å². The highest BCUT2D eigenvalue weighted by Gasteiger charge is 2.71. The molecule has 14 heteroatoms. The predicted molar refractivity (Wildman–Crippen MR) is 146 cm³/mol. The van der Waals surface area contributed by atoms with Crippen LogP contribution >= 0.6 is 0 Å². The Morgan fingerprint density at radius 1 is 1.04 bits per heavy atom. The van der Waals surface area contributed by atoms with Gasteiger partial charge in [0.05, 0.1) is 17.3 Å². The number of amides is 2. The van der Waals surface area contributed by atoms with Crippen LogP contribution in [-0.4, -0.2) is 26.6 Å². The molecule has 45 heavy (non-hydrogen) atoms. The van der Waals surface area contributed by atoms with E-state index in [0.717, 1.165) is 18.2 Å². The molecule has 6 rings (SSSR count). The van der Waals surface area contributed by atoms with Crippen molar-refractivity contribution in [2.24, 2.45) is 17.6 Å². The summed E-state index contributed by atoms with van der Waals surface area (Å²) in [5.74, 6) is -10.6. The second-order valence-corrected chi connectivity index (χ2v) is 11.2. The van der Waals surface area contributed by atoms with E-state index in [2.05, 4.69) is 15.4 Å². The molecule has 2 aliphatic rings. The van der Waals surface area contributed by atoms with Crippen molar-refractivity contribution in [2.75, 3.05) is 0 Å². The second kappa shape index (κ2) is 11.0. The first kappa shape index (κ1) is 30.3. The Hall–Kier alpha value is -4.75. The summed E-state index contributed by atoms with van der Waals surface area (Å²) < 4.78 is 101. The van der Waals surface area contributed by atoms with Gasteiger partial charge in [-0.15, -0.1) is 0 Å². The van der Waals surface area contributed by atoms with Crippen LogP contribution in [-0.2, 0) is 23.7 Å². The molecule has 0 saturated heterocycles. The van der Waals surface area contributed by atoms with Gasteiger partial charge in [-0.25, -0.2) is 22.0 Å². The molecular formula is C31H24F7N5O2. The number of rotatable bonds is 9. The molecule has 0 aliphatic heterocycles. The lowest BCUT2D eigenvalue weighted by molar-refractivity contribution is -0.123. The molecule has 3 unspecified atom stereocenters. The molecule has 4 aromatic rings. The minimum Gasteiger partial charge on any atom is -0.366 e. The highest BCUT2D eigenvalue weighted by Crippen LogP contribution is 2.71. The van der Waals surface area contributed by atoms with Gasteiger partial charge in [0.15, 0.2) is 0 Å². The highest BCUT2D eigenvalue weighted by atomic mass is 19.3. The van der Waals surface area contributed by atoms with E-state index in [4.69, 9.17) is 5.73 Å². The largest absolute Gasteiger partial charge is 0.366 e. The average Bonchev–Trinajstić information content (AvgIpc) is 3.37. The lowest BCUT2D eigenvalue weighted by Gasteiger charge is -2.22. The number of fused-ring (bicyclic) bond motifs is 3. The molecule has 1 saturated carbocycles. The Morgan fingerprint density at radius 2 is 1.76 bits per heavy atom. The summed E-state index contributed by atoms with van der Waals surface area (Å²) in [4.78, 5) is 29.5. The maximum absolute atomic E-state index is 15.3. The van der Waals surface area contributed by atoms with Crippen molar-refractivity contribution in [3.8, 4) is 11.1 Å². The zero-order valence-corrected chi connectivity index (χ0v) is 23.4. The van der Waals surface area contributed by atoms with Crippen LogP contribution in [0.25, 0.3) is 11.1 Å². The van der Waals surface area contributed by atoms with Crippen LogP contribution in [0.5, 0.6) is 0 Å². The van der Waals surface area contributed by atoms with E-state index in [9.17, 15) is 31.5 Å². The molecule has 4 atom stereocenters. The zero-order valence-electron chi connectivity index (χ0n) is 23.4. The summed E-state index contributed by atoms with van der Waals surface area (Å²) in [5, 5.41) is 6.31. The third kappa shape index (κ3) is 5.31. The van der Waals surface area contributed by atoms with Gasteiger partial charge in [-0.3, -0.25) is 19.3 Å². The van der Waals surface area contributed by atoms with E-state index in [0.29, 0.717) is 10.7 Å². The monoisotopic (exact) mass is 631 g/mol. The molecule has 0 radical (unpaired) electrons. The number of hydrogen-bond acceptors (Lipinski definition) is 4. The predicted octanol–water partition coefficient (Wildman–Crippen LogP) is 5.95. The summed E-state index contributed by atoms with van der Waals surface area (Å²) in [5.41, 5.74) is 3.85. The third-order valence-electron chi connectivity index (χ3n) is 8.37. The number of primary amides is 1. The number of carbonyl (C=O) groups excluding carboxylic acids is 2. The summed E-state index contributed by atoms with van der Waals surface area (Å²) in [6.07, 6.45) is -2.05. The van der Waals surface area contributed by atoms with Crippen LogP contribution in [0.15, 0.2) is 54.7 Å². The molecule has 0 bridgehead atoms. The zero-order chi connectivity index (χ0) is 32.4. The Labute approximate surface area is 251 Å². The van der Waals surface area contributed by atoms with E-state index in [1.54, 1.807) is 6.92 Å². The van der Waals surface area contributed by atoms with Gasteiger partial charge >= 0.3 is 0 Å². The molecule has 2 aromatic carbocycles. The minimum absolute atomic E-state index is 0.0897. The molecular weight excluding hydrogens is 607 g/mol. The summed E-state index contributed by atoms with van der Waals surface area (Å²) in [6, 6.07) is 8.08. The molecule has 2 aromatic heterocycles. The number of nitrogens with zero attached hydrogens (tertiary/aromatic N) is 3. The van der Waals surface area contributed by atoms with E-state index in [1.807, 2.05) is 0 Å². The highest BCUT2D eigenvalue weighted by molar-refractivity contribution is 5.94. The SMILES string of the molecule is C[C@@H]1C2c3c(C(F)F)nn(CC(=O)NC(Cc4cc(F)cc(F)c4)c4ncccc4-c4ccc(F)c(C(N)=O)c4)c3C(F)(F)C21. The number of alkyl halides is 4. The van der Waals surface area contributed by atoms with Crippen LogP contribution in [0.4, 0.5) is 30.7 Å². The number of nitrogens with two attached hydrogens (primary N) is 1. The summed E-state index contributed by atoms with van der Waals surface area (Å²) in [6.45, 7) is 0.681. The molecule has 234 valence electrons. The molecule has 7 nitrogen and oxygen atoms in total. The van der Waals surface area contributed by atoms with Crippen LogP contribution in [0.2, 0.25) is 0 Å². The molecule has 2 amide bonds. The van der Waals surface area contributed by atoms with Crippen molar-refractivity contribution < 1.29 is 40.3 Å². The van der Waals surface area contributed by atoms with Crippen molar-refractivity contribution in [2.45, 2.75) is 44.2 Å². The van der Waals surface area contributed by atoms with Gasteiger partial charge < -0.3 is 11.1 Å². The topological polar surface area (TPSA) is 103 Å². The third-order valence-corrected chi connectivity index (χ3v) is 8.37. The Morgan fingerprint density at radius 3 is 2.42 bits per heavy atom. The van der Waals surface area contributed by atoms with Gasteiger partial charge in [0.25, 0.3) is 18.3 Å². The fourth-order valence-corrected chi connectivity index (χ4v) is 6.45. The Balaban J connectivity index is 1.38. The molecule has 0 spiro atoms. The van der Waals surface area contributed by atoms with Crippen LogP contribution in [0.3, 0.4) is 0 Å². The number of pyridine rings is 1. The summed E-state index contributed by atoms with van der Waals surface area (Å²) >= 11 is 0. The van der Waals surface area contributed by atoms with Gasteiger partial charge in [-0.2, -0.15) is 13.9 Å². The van der Waals surface area contributed by atoms with Crippen molar-refractivity contribution in [1.29, 1.82) is 0 Å². The van der Waals surface area contributed by atoms with Crippen LogP contribution < -0.4 is 11.1 Å². The van der Waals surface area contributed by atoms with Gasteiger partial charge in [0.2, 0.25) is 5.91 Å². The number of benzene rings is 2. The smallest absolute Gasteiger partial charge is 0.293 e. The molecule has 3 N–H and O–H groups in total. The molecule has 2 heterocycles. The van der Waals surface area contributed by atoms with E-state index < -0.39 is 88.9 Å². The van der Waals surface area contributed by atoms with E-state index in [-0.39, 0.29) is 34.4 Å². The summed E-state index contributed by atoms with van der Waals surface area (Å²) in [7, 11) is 0. The number of halogens is 7. The maximum Gasteiger partial charge on any atom is 0.293 e. The minimum atomic E-state index is -3.48. The van der Waals surface area contributed by atoms with Crippen LogP contribution in [0, 0.1) is 29.3 Å². The van der Waals surface area contributed by atoms with Crippen molar-refractivity contribution >= 4 is 11.8 Å². The fraction of sp³-hybridized carbons (Fsp3) is 0.290. The molecule has 2 aliphatic carbocycles. The molecule has 1 fully saturated rings. The van der Waals surface area contributed by atoms with Gasteiger partial charge in [0.1, 0.15) is 35.4 Å². The van der Waals surface area contributed by atoms with E-state index in [1.165, 1.54) is 30.5 Å². The Kier molecular flexibility index (Phi) is 7.40. The normalized spacial score (nSPS) is 20.1. The quantitative estimate of drug-likeness (QED) is 0.223. The lowest BCUT2D eigenvalue weighted by Crippen LogP contribution is -2.35. The fourth-order valence-electron chi connectivity index (χ4n) is 6.45. The second-order valence-electron chi connectivity index (χ2n) is 11.2. The first-order valence-corrected chi connectivity index (χ1v) is 13.8. The number of carbonyl (C=O) groups is 2. The lowest BCUT2D eigenvalue weighted by atomic mass is 9.94. The van der Waals surface area contributed by atoms with Gasteiger partial charge in [-0.05, 0) is 53.8 Å². The van der Waals surface area contributed by atoms with Gasteiger partial charge in [-0.1, -0.05) is 19.1 Å². The van der Waals surface area contributed by atoms with Crippen molar-refractivity contribution in [3.05, 3.63) is 106 Å². The number of aromatic nitrogens is 3. The van der Waals surface area contributed by atoms with E-state index >= 15 is 8.78 Å². The first-order valence-electron chi connectivity index (χ1n) is 13.8. The van der Waals surface area contributed by atoms with Gasteiger partial charge in [0, 0.05) is 35.2 Å². The number of nitrogens with one attached hydrogen (secondary N) is 1. The maximum atomic E-state index is 15.3. The first-order chi connectivity index (χ1) is 21.3. The standard InChI is InChI=1S/C31H24F7N5O2/c1-13-23-24-27(29(35)36)42-43(28(24)31(37,38)25(13)23)12-22(44)41-21(9-14-7-16(32)11-17(33)8-14)26-18(3-2-6-40-26)15-4-5-20(34)19(10-15)30(39)45/h2-8,10-11,13,21,23,25,29H,9,12H2,1H3,(H2,39,45)(H,41,44)/t13-,21?,23?,25?/m1/s1. The number of hydrogen-bond donors (Lipinski definition) is 2. The van der Waals surface area contributed by atoms with Crippen LogP contribution in [0.1, 0.15) is 63.9 Å². The average molecular weight is 632 g/mol. The van der Waals surface area contributed by atoms with Crippen molar-refractivity contribution in [3.63, 3.8) is 0 Å².